The van der Waals surface area contributed by atoms with E-state index in [1.165, 1.54) is 0 Å². The van der Waals surface area contributed by atoms with Gasteiger partial charge in [-0.2, -0.15) is 0 Å². The molecule has 0 saturated carbocycles. The van der Waals surface area contributed by atoms with Gasteiger partial charge in [0.1, 0.15) is 6.04 Å². The molecule has 1 atom stereocenters. The zero-order valence-corrected chi connectivity index (χ0v) is 19.1. The van der Waals surface area contributed by atoms with E-state index in [0.29, 0.717) is 35.3 Å². The van der Waals surface area contributed by atoms with Crippen LogP contribution in [-0.2, 0) is 24.3 Å². The summed E-state index contributed by atoms with van der Waals surface area (Å²) < 4.78 is 0. The highest BCUT2D eigenvalue weighted by Gasteiger charge is 2.30. The van der Waals surface area contributed by atoms with Crippen LogP contribution in [0.25, 0.3) is 0 Å². The van der Waals surface area contributed by atoms with Crippen LogP contribution >= 0.6 is 35.0 Å². The van der Waals surface area contributed by atoms with Crippen molar-refractivity contribution in [3.05, 3.63) is 99.8 Å². The number of pyridine rings is 1. The van der Waals surface area contributed by atoms with E-state index >= 15 is 0 Å². The molecule has 4 nitrogen and oxygen atoms in total. The summed E-state index contributed by atoms with van der Waals surface area (Å²) in [6.07, 6.45) is 2.28. The molecular formula is C24H21Cl2N3OS. The Labute approximate surface area is 196 Å². The highest BCUT2D eigenvalue weighted by molar-refractivity contribution is 8.14. The van der Waals surface area contributed by atoms with Crippen molar-refractivity contribution in [2.45, 2.75) is 25.6 Å². The Morgan fingerprint density at radius 3 is 2.42 bits per heavy atom. The number of carbonyl (C=O) groups is 1. The molecule has 1 aliphatic rings. The van der Waals surface area contributed by atoms with Crippen molar-refractivity contribution in [1.29, 1.82) is 0 Å². The fourth-order valence-electron chi connectivity index (χ4n) is 3.41. The van der Waals surface area contributed by atoms with Crippen molar-refractivity contribution in [3.8, 4) is 0 Å². The third-order valence-corrected chi connectivity index (χ3v) is 6.76. The largest absolute Gasteiger partial charge is 0.331 e. The second-order valence-corrected chi connectivity index (χ2v) is 9.14. The Hall–Kier alpha value is -2.34. The van der Waals surface area contributed by atoms with Crippen molar-refractivity contribution in [3.63, 3.8) is 0 Å². The highest BCUT2D eigenvalue weighted by atomic mass is 35.5. The zero-order chi connectivity index (χ0) is 21.6. The van der Waals surface area contributed by atoms with Gasteiger partial charge in [0.05, 0.1) is 17.3 Å². The van der Waals surface area contributed by atoms with Crippen LogP contribution in [0.5, 0.6) is 0 Å². The van der Waals surface area contributed by atoms with E-state index in [4.69, 9.17) is 28.2 Å². The van der Waals surface area contributed by atoms with Gasteiger partial charge in [0.15, 0.2) is 0 Å². The Kier molecular flexibility index (Phi) is 7.28. The predicted molar refractivity (Wildman–Crippen MR) is 129 cm³/mol. The normalized spacial score (nSPS) is 15.5. The van der Waals surface area contributed by atoms with Gasteiger partial charge in [0.2, 0.25) is 5.91 Å². The van der Waals surface area contributed by atoms with Crippen LogP contribution in [0.3, 0.4) is 0 Å². The van der Waals surface area contributed by atoms with Crippen LogP contribution in [0.2, 0.25) is 10.0 Å². The molecule has 0 radical (unpaired) electrons. The van der Waals surface area contributed by atoms with Crippen LogP contribution < -0.4 is 0 Å². The molecule has 31 heavy (non-hydrogen) atoms. The molecule has 3 aromatic rings. The number of hydrogen-bond donors (Lipinski definition) is 0. The molecular weight excluding hydrogens is 449 g/mol. The number of amides is 1. The number of aliphatic imine (C=N–C) groups is 1. The Balaban J connectivity index is 1.52. The van der Waals surface area contributed by atoms with Crippen LogP contribution in [0, 0.1) is 0 Å². The molecule has 1 amide bonds. The number of nitrogens with zero attached hydrogens (tertiary/aromatic N) is 3. The quantitative estimate of drug-likeness (QED) is 0.447. The minimum atomic E-state index is -0.423. The molecule has 158 valence electrons. The van der Waals surface area contributed by atoms with Crippen LogP contribution in [-0.4, -0.2) is 32.6 Å². The Morgan fingerprint density at radius 2 is 1.71 bits per heavy atom. The maximum atomic E-state index is 13.4. The van der Waals surface area contributed by atoms with Crippen molar-refractivity contribution in [2.24, 2.45) is 4.99 Å². The molecule has 2 heterocycles. The maximum absolute atomic E-state index is 13.4. The summed E-state index contributed by atoms with van der Waals surface area (Å²) in [7, 11) is 0. The van der Waals surface area contributed by atoms with E-state index in [1.807, 2.05) is 71.6 Å². The highest BCUT2D eigenvalue weighted by Crippen LogP contribution is 2.30. The summed E-state index contributed by atoms with van der Waals surface area (Å²) in [6, 6.07) is 20.8. The summed E-state index contributed by atoms with van der Waals surface area (Å²) in [5, 5.41) is 2.11. The Morgan fingerprint density at radius 1 is 0.968 bits per heavy atom. The third-order valence-electron chi connectivity index (χ3n) is 4.99. The molecule has 0 fully saturated rings. The van der Waals surface area contributed by atoms with Gasteiger partial charge in [-0.15, -0.1) is 11.8 Å². The lowest BCUT2D eigenvalue weighted by Crippen LogP contribution is -2.38. The zero-order valence-electron chi connectivity index (χ0n) is 16.7. The van der Waals surface area contributed by atoms with Crippen molar-refractivity contribution in [2.75, 3.05) is 5.75 Å². The first-order valence-corrected chi connectivity index (χ1v) is 11.7. The monoisotopic (exact) mass is 469 g/mol. The number of benzene rings is 2. The molecule has 1 unspecified atom stereocenters. The molecule has 2 aromatic carbocycles. The standard InChI is InChI=1S/C24H21Cl2N3OS/c25-20-10-6-11-21(26)19(20)13-23-28-22(16-31-23)24(30)29(14-17-7-2-1-3-8-17)15-18-9-4-5-12-27-18/h1-12,22H,13-16H2. The van der Waals surface area contributed by atoms with Crippen molar-refractivity contribution < 1.29 is 4.79 Å². The molecule has 0 bridgehead atoms. The van der Waals surface area contributed by atoms with E-state index < -0.39 is 6.04 Å². The van der Waals surface area contributed by atoms with Gasteiger partial charge < -0.3 is 4.90 Å². The average molecular weight is 470 g/mol. The lowest BCUT2D eigenvalue weighted by Gasteiger charge is -2.24. The average Bonchev–Trinajstić information content (AvgIpc) is 3.26. The van der Waals surface area contributed by atoms with Crippen molar-refractivity contribution >= 4 is 45.9 Å². The fraction of sp³-hybridized carbons (Fsp3) is 0.208. The fourth-order valence-corrected chi connectivity index (χ4v) is 4.96. The second-order valence-electron chi connectivity index (χ2n) is 7.23. The van der Waals surface area contributed by atoms with E-state index in [2.05, 4.69) is 4.98 Å². The van der Waals surface area contributed by atoms with E-state index in [0.717, 1.165) is 21.9 Å². The van der Waals surface area contributed by atoms with Gasteiger partial charge >= 0.3 is 0 Å². The SMILES string of the molecule is O=C(C1CSC(Cc2c(Cl)cccc2Cl)=N1)N(Cc1ccccc1)Cc1ccccn1. The van der Waals surface area contributed by atoms with Gasteiger partial charge in [0.25, 0.3) is 0 Å². The Bertz CT molecular complexity index is 1010. The first kappa shape index (κ1) is 21.9. The van der Waals surface area contributed by atoms with Gasteiger partial charge in [-0.1, -0.05) is 65.7 Å². The topological polar surface area (TPSA) is 45.6 Å². The molecule has 0 aliphatic carbocycles. The second kappa shape index (κ2) is 10.3. The van der Waals surface area contributed by atoms with E-state index in [9.17, 15) is 4.79 Å². The van der Waals surface area contributed by atoms with Crippen LogP contribution in [0.4, 0.5) is 0 Å². The third kappa shape index (κ3) is 5.67. The van der Waals surface area contributed by atoms with Crippen LogP contribution in [0.1, 0.15) is 16.8 Å². The van der Waals surface area contributed by atoms with Gasteiger partial charge in [-0.25, -0.2) is 0 Å². The van der Waals surface area contributed by atoms with E-state index in [1.54, 1.807) is 18.0 Å². The van der Waals surface area contributed by atoms with Crippen molar-refractivity contribution in [1.82, 2.24) is 9.88 Å². The number of thioether (sulfide) groups is 1. The van der Waals surface area contributed by atoms with Crippen LogP contribution in [0.15, 0.2) is 77.9 Å². The summed E-state index contributed by atoms with van der Waals surface area (Å²) in [6.45, 7) is 0.954. The lowest BCUT2D eigenvalue weighted by atomic mass is 10.1. The lowest BCUT2D eigenvalue weighted by molar-refractivity contribution is -0.133. The summed E-state index contributed by atoms with van der Waals surface area (Å²) in [4.78, 5) is 24.4. The minimum absolute atomic E-state index is 0.00209. The minimum Gasteiger partial charge on any atom is -0.331 e. The summed E-state index contributed by atoms with van der Waals surface area (Å²) >= 11 is 14.2. The molecule has 0 N–H and O–H groups in total. The number of aromatic nitrogens is 1. The number of hydrogen-bond acceptors (Lipinski definition) is 4. The molecule has 0 saturated heterocycles. The van der Waals surface area contributed by atoms with E-state index in [-0.39, 0.29) is 5.91 Å². The summed E-state index contributed by atoms with van der Waals surface area (Å²) in [5.41, 5.74) is 2.77. The smallest absolute Gasteiger partial charge is 0.248 e. The predicted octanol–water partition coefficient (Wildman–Crippen LogP) is 5.67. The number of rotatable bonds is 7. The number of carbonyl (C=O) groups excluding carboxylic acids is 1. The maximum Gasteiger partial charge on any atom is 0.248 e. The van der Waals surface area contributed by atoms with Gasteiger partial charge in [-0.3, -0.25) is 14.8 Å². The molecule has 0 spiro atoms. The molecule has 7 heteroatoms. The molecule has 1 aliphatic heterocycles. The van der Waals surface area contributed by atoms with Gasteiger partial charge in [-0.05, 0) is 35.4 Å². The first-order valence-electron chi connectivity index (χ1n) is 9.95. The molecule has 1 aromatic heterocycles. The molecule has 4 rings (SSSR count). The number of halogens is 2. The first-order chi connectivity index (χ1) is 15.1. The van der Waals surface area contributed by atoms with Gasteiger partial charge in [0, 0.05) is 35.0 Å². The summed E-state index contributed by atoms with van der Waals surface area (Å²) in [5.74, 6) is 0.617.